The van der Waals surface area contributed by atoms with E-state index in [9.17, 15) is 14.4 Å². The number of nitrogens with one attached hydrogen (secondary N) is 1. The summed E-state index contributed by atoms with van der Waals surface area (Å²) < 4.78 is 0. The summed E-state index contributed by atoms with van der Waals surface area (Å²) in [5.41, 5.74) is 1.71. The molecule has 2 aliphatic carbocycles. The number of carbonyl (C=O) groups is 3. The quantitative estimate of drug-likeness (QED) is 0.741. The second kappa shape index (κ2) is 8.91. The summed E-state index contributed by atoms with van der Waals surface area (Å²) in [7, 11) is 0. The van der Waals surface area contributed by atoms with Gasteiger partial charge in [0.25, 0.3) is 5.91 Å². The fourth-order valence-electron chi connectivity index (χ4n) is 4.86. The Kier molecular flexibility index (Phi) is 6.26. The number of hydrogen-bond acceptors (Lipinski definition) is 3. The number of ketones is 1. The van der Waals surface area contributed by atoms with Crippen molar-refractivity contribution in [1.29, 1.82) is 0 Å². The van der Waals surface area contributed by atoms with Crippen LogP contribution in [-0.4, -0.2) is 41.6 Å². The lowest BCUT2D eigenvalue weighted by Crippen LogP contribution is -2.49. The van der Waals surface area contributed by atoms with Gasteiger partial charge >= 0.3 is 0 Å². The number of nitrogens with zero attached hydrogens (tertiary/aromatic N) is 1. The SMILES string of the molecule is CC(C)C(=O)[C@H](NC(=O)c1cccc(C2CN(C(=O)C3CC3)C2)c1)C1CCCCC1. The molecule has 2 saturated carbocycles. The summed E-state index contributed by atoms with van der Waals surface area (Å²) in [5.74, 6) is 0.988. The zero-order valence-electron chi connectivity index (χ0n) is 18.2. The van der Waals surface area contributed by atoms with Crippen molar-refractivity contribution >= 4 is 17.6 Å². The van der Waals surface area contributed by atoms with Crippen LogP contribution in [0.4, 0.5) is 0 Å². The molecular weight excluding hydrogens is 376 g/mol. The van der Waals surface area contributed by atoms with Crippen LogP contribution in [0.25, 0.3) is 0 Å². The van der Waals surface area contributed by atoms with E-state index in [0.29, 0.717) is 17.4 Å². The van der Waals surface area contributed by atoms with E-state index in [-0.39, 0.29) is 29.4 Å². The summed E-state index contributed by atoms with van der Waals surface area (Å²) in [6.07, 6.45) is 7.58. The first kappa shape index (κ1) is 21.1. The smallest absolute Gasteiger partial charge is 0.251 e. The van der Waals surface area contributed by atoms with Crippen LogP contribution < -0.4 is 5.32 Å². The first-order chi connectivity index (χ1) is 14.4. The molecule has 1 heterocycles. The summed E-state index contributed by atoms with van der Waals surface area (Å²) in [6.45, 7) is 5.32. The summed E-state index contributed by atoms with van der Waals surface area (Å²) in [5, 5.41) is 3.08. The third-order valence-corrected chi connectivity index (χ3v) is 7.02. The minimum atomic E-state index is -0.392. The maximum atomic E-state index is 13.0. The van der Waals surface area contributed by atoms with Gasteiger partial charge in [-0.15, -0.1) is 0 Å². The van der Waals surface area contributed by atoms with Gasteiger partial charge < -0.3 is 10.2 Å². The number of amides is 2. The van der Waals surface area contributed by atoms with E-state index in [4.69, 9.17) is 0 Å². The number of rotatable bonds is 7. The van der Waals surface area contributed by atoms with Crippen LogP contribution in [0, 0.1) is 17.8 Å². The number of benzene rings is 1. The van der Waals surface area contributed by atoms with Gasteiger partial charge in [-0.1, -0.05) is 45.2 Å². The Morgan fingerprint density at radius 3 is 2.33 bits per heavy atom. The molecule has 5 heteroatoms. The van der Waals surface area contributed by atoms with Crippen molar-refractivity contribution in [2.75, 3.05) is 13.1 Å². The van der Waals surface area contributed by atoms with Crippen LogP contribution in [0.15, 0.2) is 24.3 Å². The Labute approximate surface area is 179 Å². The molecule has 3 aliphatic rings. The lowest BCUT2D eigenvalue weighted by molar-refractivity contribution is -0.137. The van der Waals surface area contributed by atoms with E-state index < -0.39 is 6.04 Å². The number of carbonyl (C=O) groups excluding carboxylic acids is 3. The van der Waals surface area contributed by atoms with Crippen molar-refractivity contribution in [3.63, 3.8) is 0 Å². The van der Waals surface area contributed by atoms with E-state index in [1.807, 2.05) is 43.0 Å². The van der Waals surface area contributed by atoms with Gasteiger partial charge in [-0.25, -0.2) is 0 Å². The van der Waals surface area contributed by atoms with Crippen molar-refractivity contribution < 1.29 is 14.4 Å². The third-order valence-electron chi connectivity index (χ3n) is 7.02. The van der Waals surface area contributed by atoms with Crippen LogP contribution in [0.3, 0.4) is 0 Å². The van der Waals surface area contributed by atoms with Gasteiger partial charge in [0.15, 0.2) is 5.78 Å². The molecule has 0 spiro atoms. The normalized spacial score (nSPS) is 21.2. The molecule has 2 amide bonds. The van der Waals surface area contributed by atoms with Crippen molar-refractivity contribution in [1.82, 2.24) is 10.2 Å². The third kappa shape index (κ3) is 4.60. The van der Waals surface area contributed by atoms with E-state index >= 15 is 0 Å². The predicted octanol–water partition coefficient (Wildman–Crippen LogP) is 3.93. The highest BCUT2D eigenvalue weighted by molar-refractivity contribution is 5.98. The van der Waals surface area contributed by atoms with Crippen molar-refractivity contribution in [2.24, 2.45) is 17.8 Å². The molecular formula is C25H34N2O3. The van der Waals surface area contributed by atoms with Crippen LogP contribution in [-0.2, 0) is 9.59 Å². The fraction of sp³-hybridized carbons (Fsp3) is 0.640. The lowest BCUT2D eigenvalue weighted by Gasteiger charge is -2.40. The van der Waals surface area contributed by atoms with Gasteiger partial charge in [0.2, 0.25) is 5.91 Å². The van der Waals surface area contributed by atoms with Gasteiger partial charge in [0.05, 0.1) is 6.04 Å². The highest BCUT2D eigenvalue weighted by Crippen LogP contribution is 2.36. The van der Waals surface area contributed by atoms with Crippen LogP contribution in [0.2, 0.25) is 0 Å². The Bertz CT molecular complexity index is 802. The molecule has 30 heavy (non-hydrogen) atoms. The topological polar surface area (TPSA) is 66.5 Å². The lowest BCUT2D eigenvalue weighted by atomic mass is 9.80. The molecule has 4 rings (SSSR count). The monoisotopic (exact) mass is 410 g/mol. The van der Waals surface area contributed by atoms with Gasteiger partial charge in [0.1, 0.15) is 0 Å². The van der Waals surface area contributed by atoms with Crippen molar-refractivity contribution in [2.45, 2.75) is 70.8 Å². The van der Waals surface area contributed by atoms with E-state index in [0.717, 1.165) is 57.2 Å². The Morgan fingerprint density at radius 1 is 1.00 bits per heavy atom. The molecule has 0 unspecified atom stereocenters. The zero-order chi connectivity index (χ0) is 21.3. The molecule has 3 fully saturated rings. The van der Waals surface area contributed by atoms with Gasteiger partial charge in [-0.3, -0.25) is 14.4 Å². The van der Waals surface area contributed by atoms with Gasteiger partial charge in [-0.2, -0.15) is 0 Å². The number of Topliss-reactive ketones (excluding diaryl/α,β-unsaturated/α-hetero) is 1. The first-order valence-electron chi connectivity index (χ1n) is 11.7. The van der Waals surface area contributed by atoms with Gasteiger partial charge in [0, 0.05) is 36.4 Å². The van der Waals surface area contributed by atoms with Crippen molar-refractivity contribution in [3.05, 3.63) is 35.4 Å². The minimum Gasteiger partial charge on any atom is -0.342 e. The first-order valence-corrected chi connectivity index (χ1v) is 11.7. The fourth-order valence-corrected chi connectivity index (χ4v) is 4.86. The zero-order valence-corrected chi connectivity index (χ0v) is 18.2. The average Bonchev–Trinajstić information content (AvgIpc) is 3.56. The van der Waals surface area contributed by atoms with Crippen molar-refractivity contribution in [3.8, 4) is 0 Å². The molecule has 1 N–H and O–H groups in total. The number of likely N-dealkylation sites (tertiary alicyclic amines) is 1. The molecule has 1 aliphatic heterocycles. The van der Waals surface area contributed by atoms with Crippen LogP contribution >= 0.6 is 0 Å². The highest BCUT2D eigenvalue weighted by atomic mass is 16.2. The second-order valence-corrected chi connectivity index (χ2v) is 9.75. The Morgan fingerprint density at radius 2 is 1.70 bits per heavy atom. The van der Waals surface area contributed by atoms with Crippen LogP contribution in [0.1, 0.15) is 80.6 Å². The summed E-state index contributed by atoms with van der Waals surface area (Å²) in [4.78, 5) is 40.0. The molecule has 0 bridgehead atoms. The van der Waals surface area contributed by atoms with E-state index in [1.54, 1.807) is 0 Å². The van der Waals surface area contributed by atoms with Gasteiger partial charge in [-0.05, 0) is 49.3 Å². The molecule has 162 valence electrons. The molecule has 5 nitrogen and oxygen atoms in total. The minimum absolute atomic E-state index is 0.0893. The molecule has 1 atom stereocenters. The van der Waals surface area contributed by atoms with E-state index in [2.05, 4.69) is 5.32 Å². The Hall–Kier alpha value is -2.17. The predicted molar refractivity (Wildman–Crippen MR) is 116 cm³/mol. The molecule has 0 aromatic heterocycles. The molecule has 1 aromatic rings. The summed E-state index contributed by atoms with van der Waals surface area (Å²) >= 11 is 0. The number of hydrogen-bond donors (Lipinski definition) is 1. The standard InChI is InChI=1S/C25H34N2O3/c1-16(2)23(28)22(17-7-4-3-5-8-17)26-24(29)20-10-6-9-19(13-20)21-14-27(15-21)25(30)18-11-12-18/h6,9-10,13,16-18,21-22H,3-5,7-8,11-12,14-15H2,1-2H3,(H,26,29)/t22-/m1/s1. The highest BCUT2D eigenvalue weighted by Gasteiger charge is 2.39. The largest absolute Gasteiger partial charge is 0.342 e. The molecule has 1 saturated heterocycles. The van der Waals surface area contributed by atoms with Crippen LogP contribution in [0.5, 0.6) is 0 Å². The average molecular weight is 411 g/mol. The maximum absolute atomic E-state index is 13.0. The molecule has 1 aromatic carbocycles. The Balaban J connectivity index is 1.41. The maximum Gasteiger partial charge on any atom is 0.251 e. The van der Waals surface area contributed by atoms with E-state index in [1.165, 1.54) is 6.42 Å². The molecule has 0 radical (unpaired) electrons. The second-order valence-electron chi connectivity index (χ2n) is 9.75. The summed E-state index contributed by atoms with van der Waals surface area (Å²) in [6, 6.07) is 7.32.